The molecule has 1 amide bonds. The van der Waals surface area contributed by atoms with Crippen molar-refractivity contribution in [3.63, 3.8) is 0 Å². The van der Waals surface area contributed by atoms with Gasteiger partial charge in [0, 0.05) is 32.1 Å². The van der Waals surface area contributed by atoms with Crippen molar-refractivity contribution in [2.45, 2.75) is 45.6 Å². The van der Waals surface area contributed by atoms with Gasteiger partial charge in [0.05, 0.1) is 10.9 Å². The van der Waals surface area contributed by atoms with Crippen LogP contribution < -0.4 is 5.56 Å². The molecule has 0 radical (unpaired) electrons. The Bertz CT molecular complexity index is 795. The predicted octanol–water partition coefficient (Wildman–Crippen LogP) is 2.60. The summed E-state index contributed by atoms with van der Waals surface area (Å²) in [5.74, 6) is 0.818. The number of fused-ring (bicyclic) bond motifs is 2. The quantitative estimate of drug-likeness (QED) is 0.856. The molecule has 2 heterocycles. The van der Waals surface area contributed by atoms with Crippen LogP contribution in [0.5, 0.6) is 0 Å². The van der Waals surface area contributed by atoms with Gasteiger partial charge in [-0.05, 0) is 38.0 Å². The average molecular weight is 313 g/mol. The van der Waals surface area contributed by atoms with Gasteiger partial charge in [0.15, 0.2) is 0 Å². The third-order valence-corrected chi connectivity index (χ3v) is 4.63. The molecule has 3 rings (SSSR count). The molecule has 0 N–H and O–H groups in total. The molecule has 2 aromatic rings. The summed E-state index contributed by atoms with van der Waals surface area (Å²) in [5.41, 5.74) is 1.25. The molecule has 0 saturated heterocycles. The Kier molecular flexibility index (Phi) is 4.46. The van der Waals surface area contributed by atoms with Gasteiger partial charge < -0.3 is 4.90 Å². The fourth-order valence-corrected chi connectivity index (χ4v) is 3.09. The third-order valence-electron chi connectivity index (χ3n) is 4.63. The number of aryl methyl sites for hydroxylation is 1. The third kappa shape index (κ3) is 3.00. The van der Waals surface area contributed by atoms with Crippen molar-refractivity contribution in [2.24, 2.45) is 0 Å². The molecular formula is C18H23N3O2. The maximum Gasteiger partial charge on any atom is 0.261 e. The molecular weight excluding hydrogens is 290 g/mol. The molecule has 0 spiro atoms. The monoisotopic (exact) mass is 313 g/mol. The van der Waals surface area contributed by atoms with E-state index in [1.807, 2.05) is 11.5 Å². The zero-order valence-electron chi connectivity index (χ0n) is 13.8. The molecule has 23 heavy (non-hydrogen) atoms. The fourth-order valence-electron chi connectivity index (χ4n) is 3.09. The highest BCUT2D eigenvalue weighted by molar-refractivity contribution is 5.97. The molecule has 0 saturated carbocycles. The second-order valence-electron chi connectivity index (χ2n) is 6.20. The first-order chi connectivity index (χ1) is 11.1. The molecule has 5 heteroatoms. The summed E-state index contributed by atoms with van der Waals surface area (Å²) in [7, 11) is 1.77. The Morgan fingerprint density at radius 2 is 2.04 bits per heavy atom. The summed E-state index contributed by atoms with van der Waals surface area (Å²) < 4.78 is 1.82. The molecule has 0 bridgehead atoms. The minimum Gasteiger partial charge on any atom is -0.342 e. The molecule has 1 aliphatic rings. The molecule has 122 valence electrons. The minimum atomic E-state index is -0.0388. The number of carbonyl (C=O) groups excluding carboxylic acids is 1. The molecule has 1 aromatic carbocycles. The maximum atomic E-state index is 12.7. The van der Waals surface area contributed by atoms with Gasteiger partial charge in [0.25, 0.3) is 11.5 Å². The van der Waals surface area contributed by atoms with Crippen LogP contribution in [0.3, 0.4) is 0 Å². The van der Waals surface area contributed by atoms with Gasteiger partial charge in [0.2, 0.25) is 0 Å². The van der Waals surface area contributed by atoms with E-state index in [-0.39, 0.29) is 11.5 Å². The highest BCUT2D eigenvalue weighted by Gasteiger charge is 2.16. The van der Waals surface area contributed by atoms with Crippen molar-refractivity contribution in [1.82, 2.24) is 14.5 Å². The number of amides is 1. The Hall–Kier alpha value is -2.17. The van der Waals surface area contributed by atoms with Crippen LogP contribution in [0, 0.1) is 0 Å². The molecule has 1 aromatic heterocycles. The second kappa shape index (κ2) is 6.52. The van der Waals surface area contributed by atoms with Crippen LogP contribution in [-0.4, -0.2) is 34.0 Å². The van der Waals surface area contributed by atoms with Gasteiger partial charge >= 0.3 is 0 Å². The largest absolute Gasteiger partial charge is 0.342 e. The summed E-state index contributed by atoms with van der Waals surface area (Å²) in [6.45, 7) is 3.33. The van der Waals surface area contributed by atoms with Crippen LogP contribution in [0.15, 0.2) is 23.0 Å². The Balaban J connectivity index is 2.11. The average Bonchev–Trinajstić information content (AvgIpc) is 2.54. The number of nitrogens with zero attached hydrogens (tertiary/aromatic N) is 3. The van der Waals surface area contributed by atoms with Crippen molar-refractivity contribution >= 4 is 16.8 Å². The highest BCUT2D eigenvalue weighted by Crippen LogP contribution is 2.17. The number of rotatable bonds is 2. The van der Waals surface area contributed by atoms with Crippen molar-refractivity contribution in [3.05, 3.63) is 39.9 Å². The fraction of sp³-hybridized carbons (Fsp3) is 0.500. The van der Waals surface area contributed by atoms with E-state index >= 15 is 0 Å². The maximum absolute atomic E-state index is 12.7. The van der Waals surface area contributed by atoms with Crippen molar-refractivity contribution < 1.29 is 4.79 Å². The van der Waals surface area contributed by atoms with E-state index in [2.05, 4.69) is 0 Å². The predicted molar refractivity (Wildman–Crippen MR) is 90.8 cm³/mol. The number of hydrogen-bond acceptors (Lipinski definition) is 3. The van der Waals surface area contributed by atoms with Crippen LogP contribution in [-0.2, 0) is 13.0 Å². The van der Waals surface area contributed by atoms with E-state index in [4.69, 9.17) is 4.98 Å². The summed E-state index contributed by atoms with van der Waals surface area (Å²) in [4.78, 5) is 31.4. The van der Waals surface area contributed by atoms with Crippen molar-refractivity contribution in [1.29, 1.82) is 0 Å². The number of benzene rings is 1. The molecule has 0 unspecified atom stereocenters. The highest BCUT2D eigenvalue weighted by atomic mass is 16.2. The van der Waals surface area contributed by atoms with E-state index < -0.39 is 0 Å². The van der Waals surface area contributed by atoms with E-state index in [1.54, 1.807) is 30.1 Å². The van der Waals surface area contributed by atoms with Gasteiger partial charge in [0.1, 0.15) is 5.82 Å². The van der Waals surface area contributed by atoms with E-state index in [9.17, 15) is 9.59 Å². The Morgan fingerprint density at radius 1 is 1.26 bits per heavy atom. The zero-order valence-corrected chi connectivity index (χ0v) is 13.8. The summed E-state index contributed by atoms with van der Waals surface area (Å²) in [6.07, 6.45) is 5.28. The molecule has 5 nitrogen and oxygen atoms in total. The van der Waals surface area contributed by atoms with Crippen LogP contribution in [0.2, 0.25) is 0 Å². The minimum absolute atomic E-state index is 0.0229. The van der Waals surface area contributed by atoms with Gasteiger partial charge in [-0.25, -0.2) is 4.98 Å². The van der Waals surface area contributed by atoms with E-state index in [0.29, 0.717) is 23.0 Å². The van der Waals surface area contributed by atoms with Crippen LogP contribution in [0.4, 0.5) is 0 Å². The van der Waals surface area contributed by atoms with Gasteiger partial charge in [-0.2, -0.15) is 0 Å². The normalized spacial score (nSPS) is 14.9. The first-order valence-electron chi connectivity index (χ1n) is 8.40. The Labute approximate surface area is 135 Å². The lowest BCUT2D eigenvalue weighted by Crippen LogP contribution is -2.28. The zero-order chi connectivity index (χ0) is 16.4. The summed E-state index contributed by atoms with van der Waals surface area (Å²) in [6, 6.07) is 5.23. The number of carbonyl (C=O) groups is 1. The first-order valence-corrected chi connectivity index (χ1v) is 8.40. The lowest BCUT2D eigenvalue weighted by molar-refractivity contribution is 0.0802. The smallest absolute Gasteiger partial charge is 0.261 e. The van der Waals surface area contributed by atoms with Gasteiger partial charge in [-0.3, -0.25) is 14.2 Å². The standard InChI is InChI=1S/C18H23N3O2/c1-3-20(2)17(22)13-9-10-14-15(12-13)19-16-8-6-4-5-7-11-21(16)18(14)23/h9-10,12H,3-8,11H2,1-2H3. The van der Waals surface area contributed by atoms with Gasteiger partial charge in [-0.15, -0.1) is 0 Å². The summed E-state index contributed by atoms with van der Waals surface area (Å²) in [5, 5.41) is 0.602. The van der Waals surface area contributed by atoms with Crippen molar-refractivity contribution in [2.75, 3.05) is 13.6 Å². The second-order valence-corrected chi connectivity index (χ2v) is 6.20. The Morgan fingerprint density at radius 3 is 2.83 bits per heavy atom. The number of aromatic nitrogens is 2. The molecule has 1 aliphatic heterocycles. The van der Waals surface area contributed by atoms with Gasteiger partial charge in [-0.1, -0.05) is 12.8 Å². The topological polar surface area (TPSA) is 55.2 Å². The van der Waals surface area contributed by atoms with Crippen LogP contribution in [0.1, 0.15) is 48.8 Å². The molecule has 0 fully saturated rings. The number of hydrogen-bond donors (Lipinski definition) is 0. The lowest BCUT2D eigenvalue weighted by Gasteiger charge is -2.17. The molecule has 0 atom stereocenters. The first kappa shape index (κ1) is 15.7. The van der Waals surface area contributed by atoms with E-state index in [1.165, 1.54) is 12.8 Å². The SMILES string of the molecule is CCN(C)C(=O)c1ccc2c(=O)n3c(nc2c1)CCCCCC3. The van der Waals surface area contributed by atoms with Crippen LogP contribution >= 0.6 is 0 Å². The molecule has 0 aliphatic carbocycles. The van der Waals surface area contributed by atoms with Crippen molar-refractivity contribution in [3.8, 4) is 0 Å². The van der Waals surface area contributed by atoms with E-state index in [0.717, 1.165) is 31.6 Å². The lowest BCUT2D eigenvalue weighted by atomic mass is 10.1. The van der Waals surface area contributed by atoms with Crippen LogP contribution in [0.25, 0.3) is 10.9 Å². The summed E-state index contributed by atoms with van der Waals surface area (Å²) >= 11 is 0.